The highest BCUT2D eigenvalue weighted by Crippen LogP contribution is 2.20. The van der Waals surface area contributed by atoms with Gasteiger partial charge in [-0.25, -0.2) is 4.68 Å². The first-order valence-corrected chi connectivity index (χ1v) is 8.22. The van der Waals surface area contributed by atoms with Crippen LogP contribution in [0.1, 0.15) is 34.6 Å². The molecular weight excluding hydrogens is 288 g/mol. The fourth-order valence-corrected chi connectivity index (χ4v) is 2.43. The standard InChI is InChI=1S/C13H26N6OS/c1-9(2)8-14-6-7-19-13(16-17-18-19)21-11(5)12(20)15-10(3)4/h9-11,14H,6-8H2,1-5H3,(H,15,20). The number of aromatic nitrogens is 4. The van der Waals surface area contributed by atoms with Crippen LogP contribution in [0.3, 0.4) is 0 Å². The number of tetrazole rings is 1. The first-order valence-electron chi connectivity index (χ1n) is 7.34. The number of hydrogen-bond donors (Lipinski definition) is 2. The average molecular weight is 314 g/mol. The Bertz CT molecular complexity index is 434. The molecule has 1 amide bonds. The van der Waals surface area contributed by atoms with Crippen molar-refractivity contribution in [1.82, 2.24) is 30.8 Å². The van der Waals surface area contributed by atoms with Gasteiger partial charge in [0.05, 0.1) is 11.8 Å². The molecular formula is C13H26N6OS. The monoisotopic (exact) mass is 314 g/mol. The summed E-state index contributed by atoms with van der Waals surface area (Å²) in [5.74, 6) is 0.620. The van der Waals surface area contributed by atoms with Crippen LogP contribution in [-0.4, -0.2) is 50.5 Å². The second-order valence-electron chi connectivity index (χ2n) is 5.71. The molecule has 1 unspecified atom stereocenters. The van der Waals surface area contributed by atoms with Crippen LogP contribution < -0.4 is 10.6 Å². The zero-order valence-electron chi connectivity index (χ0n) is 13.5. The third-order valence-corrected chi connectivity index (χ3v) is 3.71. The molecule has 0 aliphatic carbocycles. The molecule has 1 heterocycles. The molecule has 0 aliphatic heterocycles. The Kier molecular flexibility index (Phi) is 7.66. The van der Waals surface area contributed by atoms with Crippen LogP contribution >= 0.6 is 11.8 Å². The normalized spacial score (nSPS) is 12.9. The van der Waals surface area contributed by atoms with Crippen molar-refractivity contribution >= 4 is 17.7 Å². The minimum absolute atomic E-state index is 0.00230. The predicted octanol–water partition coefficient (Wildman–Crippen LogP) is 0.924. The van der Waals surface area contributed by atoms with Gasteiger partial charge in [-0.2, -0.15) is 0 Å². The number of thioether (sulfide) groups is 1. The first-order chi connectivity index (χ1) is 9.90. The van der Waals surface area contributed by atoms with Gasteiger partial charge in [-0.15, -0.1) is 5.10 Å². The number of rotatable bonds is 9. The summed E-state index contributed by atoms with van der Waals surface area (Å²) in [6.45, 7) is 12.6. The topological polar surface area (TPSA) is 84.7 Å². The van der Waals surface area contributed by atoms with Crippen LogP contribution in [0.5, 0.6) is 0 Å². The van der Waals surface area contributed by atoms with E-state index < -0.39 is 0 Å². The highest BCUT2D eigenvalue weighted by atomic mass is 32.2. The summed E-state index contributed by atoms with van der Waals surface area (Å²) >= 11 is 1.38. The van der Waals surface area contributed by atoms with Gasteiger partial charge in [0.25, 0.3) is 0 Å². The van der Waals surface area contributed by atoms with E-state index in [9.17, 15) is 4.79 Å². The van der Waals surface area contributed by atoms with Crippen LogP contribution in [0.15, 0.2) is 5.16 Å². The second kappa shape index (κ2) is 8.99. The molecule has 0 fully saturated rings. The summed E-state index contributed by atoms with van der Waals surface area (Å²) in [6.07, 6.45) is 0. The van der Waals surface area contributed by atoms with Crippen LogP contribution in [0.2, 0.25) is 0 Å². The number of carbonyl (C=O) groups is 1. The van der Waals surface area contributed by atoms with Gasteiger partial charge in [-0.3, -0.25) is 4.79 Å². The van der Waals surface area contributed by atoms with E-state index in [0.717, 1.165) is 13.1 Å². The Balaban J connectivity index is 2.45. The minimum atomic E-state index is -0.222. The molecule has 2 N–H and O–H groups in total. The van der Waals surface area contributed by atoms with Gasteiger partial charge in [0.1, 0.15) is 0 Å². The summed E-state index contributed by atoms with van der Waals surface area (Å²) < 4.78 is 1.73. The molecule has 1 aromatic heterocycles. The number of hydrogen-bond acceptors (Lipinski definition) is 6. The average Bonchev–Trinajstić information content (AvgIpc) is 2.81. The Morgan fingerprint density at radius 1 is 1.29 bits per heavy atom. The Hall–Kier alpha value is -1.15. The van der Waals surface area contributed by atoms with E-state index in [0.29, 0.717) is 17.6 Å². The molecule has 0 saturated heterocycles. The van der Waals surface area contributed by atoms with E-state index in [1.807, 2.05) is 20.8 Å². The third kappa shape index (κ3) is 6.90. The maximum Gasteiger partial charge on any atom is 0.233 e. The van der Waals surface area contributed by atoms with E-state index in [2.05, 4.69) is 40.0 Å². The van der Waals surface area contributed by atoms with E-state index in [1.165, 1.54) is 11.8 Å². The quantitative estimate of drug-likeness (QED) is 0.521. The number of carbonyl (C=O) groups excluding carboxylic acids is 1. The maximum absolute atomic E-state index is 11.9. The summed E-state index contributed by atoms with van der Waals surface area (Å²) in [5.41, 5.74) is 0. The van der Waals surface area contributed by atoms with Crippen molar-refractivity contribution < 1.29 is 4.79 Å². The van der Waals surface area contributed by atoms with Crippen molar-refractivity contribution in [2.24, 2.45) is 5.92 Å². The van der Waals surface area contributed by atoms with Crippen LogP contribution in [0.25, 0.3) is 0 Å². The van der Waals surface area contributed by atoms with E-state index in [-0.39, 0.29) is 17.2 Å². The lowest BCUT2D eigenvalue weighted by molar-refractivity contribution is -0.120. The smallest absolute Gasteiger partial charge is 0.233 e. The van der Waals surface area contributed by atoms with Gasteiger partial charge < -0.3 is 10.6 Å². The summed E-state index contributed by atoms with van der Waals surface area (Å²) in [7, 11) is 0. The molecule has 120 valence electrons. The van der Waals surface area contributed by atoms with Gasteiger partial charge in [-0.1, -0.05) is 25.6 Å². The number of nitrogens with zero attached hydrogens (tertiary/aromatic N) is 4. The molecule has 1 rings (SSSR count). The van der Waals surface area contributed by atoms with E-state index in [4.69, 9.17) is 0 Å². The third-order valence-electron chi connectivity index (χ3n) is 2.63. The summed E-state index contributed by atoms with van der Waals surface area (Å²) in [4.78, 5) is 11.9. The highest BCUT2D eigenvalue weighted by molar-refractivity contribution is 8.00. The molecule has 0 radical (unpaired) electrons. The molecule has 0 aliphatic rings. The van der Waals surface area contributed by atoms with Gasteiger partial charge in [-0.05, 0) is 43.7 Å². The van der Waals surface area contributed by atoms with Crippen LogP contribution in [-0.2, 0) is 11.3 Å². The van der Waals surface area contributed by atoms with E-state index in [1.54, 1.807) is 4.68 Å². The van der Waals surface area contributed by atoms with Gasteiger partial charge in [0.15, 0.2) is 0 Å². The molecule has 0 aromatic carbocycles. The molecule has 0 saturated carbocycles. The predicted molar refractivity (Wildman–Crippen MR) is 84.1 cm³/mol. The Morgan fingerprint density at radius 3 is 2.62 bits per heavy atom. The summed E-state index contributed by atoms with van der Waals surface area (Å²) in [6, 6.07) is 0.136. The van der Waals surface area contributed by atoms with Crippen molar-refractivity contribution in [2.75, 3.05) is 13.1 Å². The second-order valence-corrected chi connectivity index (χ2v) is 7.01. The molecule has 0 spiro atoms. The SMILES string of the molecule is CC(C)CNCCn1nnnc1SC(C)C(=O)NC(C)C. The van der Waals surface area contributed by atoms with Crippen molar-refractivity contribution in [3.8, 4) is 0 Å². The van der Waals surface area contributed by atoms with Crippen LogP contribution in [0, 0.1) is 5.92 Å². The van der Waals surface area contributed by atoms with Gasteiger partial charge in [0.2, 0.25) is 11.1 Å². The number of nitrogens with one attached hydrogen (secondary N) is 2. The number of amides is 1. The molecule has 8 heteroatoms. The summed E-state index contributed by atoms with van der Waals surface area (Å²) in [5, 5.41) is 18.3. The molecule has 0 bridgehead atoms. The van der Waals surface area contributed by atoms with Gasteiger partial charge >= 0.3 is 0 Å². The molecule has 1 aromatic rings. The lowest BCUT2D eigenvalue weighted by Crippen LogP contribution is -2.36. The van der Waals surface area contributed by atoms with Crippen molar-refractivity contribution in [3.63, 3.8) is 0 Å². The lowest BCUT2D eigenvalue weighted by Gasteiger charge is -2.14. The largest absolute Gasteiger partial charge is 0.353 e. The zero-order valence-corrected chi connectivity index (χ0v) is 14.3. The molecule has 7 nitrogen and oxygen atoms in total. The van der Waals surface area contributed by atoms with E-state index >= 15 is 0 Å². The Labute approximate surface area is 130 Å². The van der Waals surface area contributed by atoms with Crippen molar-refractivity contribution in [1.29, 1.82) is 0 Å². The fourth-order valence-electron chi connectivity index (χ4n) is 1.61. The zero-order chi connectivity index (χ0) is 15.8. The lowest BCUT2D eigenvalue weighted by atomic mass is 10.2. The minimum Gasteiger partial charge on any atom is -0.353 e. The van der Waals surface area contributed by atoms with Crippen molar-refractivity contribution in [2.45, 2.75) is 57.6 Å². The van der Waals surface area contributed by atoms with Gasteiger partial charge in [0, 0.05) is 12.6 Å². The Morgan fingerprint density at radius 2 is 2.00 bits per heavy atom. The van der Waals surface area contributed by atoms with Crippen molar-refractivity contribution in [3.05, 3.63) is 0 Å². The van der Waals surface area contributed by atoms with Crippen LogP contribution in [0.4, 0.5) is 0 Å². The molecule has 1 atom stereocenters. The first kappa shape index (κ1) is 17.9. The maximum atomic E-state index is 11.9. The highest BCUT2D eigenvalue weighted by Gasteiger charge is 2.18. The molecule has 21 heavy (non-hydrogen) atoms. The fraction of sp³-hybridized carbons (Fsp3) is 0.846.